The first-order valence-electron chi connectivity index (χ1n) is 2.24. The third-order valence-electron chi connectivity index (χ3n) is 0.714. The van der Waals surface area contributed by atoms with Gasteiger partial charge in [-0.2, -0.15) is 0 Å². The number of thioether (sulfide) groups is 1. The minimum absolute atomic E-state index is 0.318. The second-order valence-electron chi connectivity index (χ2n) is 1.28. The molecule has 0 saturated heterocycles. The number of nitrogens with one attached hydrogen (secondary N) is 1. The van der Waals surface area contributed by atoms with Crippen LogP contribution in [-0.2, 0) is 9.59 Å². The van der Waals surface area contributed by atoms with E-state index >= 15 is 0 Å². The molecule has 0 bridgehead atoms. The van der Waals surface area contributed by atoms with Crippen molar-refractivity contribution in [2.24, 2.45) is 5.73 Å². The Hall–Kier alpha value is -0.550. The summed E-state index contributed by atoms with van der Waals surface area (Å²) in [6, 6.07) is 0. The van der Waals surface area contributed by atoms with Gasteiger partial charge >= 0.3 is 0 Å². The summed E-state index contributed by atoms with van der Waals surface area (Å²) in [4.78, 5) is 20.1. The monoisotopic (exact) mass is 148 g/mol. The molecule has 5 heteroatoms. The lowest BCUT2D eigenvalue weighted by molar-refractivity contribution is -0.124. The fraction of sp³-hybridized carbons (Fsp3) is 0.500. The largest absolute Gasteiger partial charge is 0.312 e. The predicted octanol–water partition coefficient (Wildman–Crippen LogP) is -1.09. The van der Waals surface area contributed by atoms with Crippen LogP contribution in [0.15, 0.2) is 0 Å². The van der Waals surface area contributed by atoms with E-state index in [9.17, 15) is 9.59 Å². The van der Waals surface area contributed by atoms with Crippen molar-refractivity contribution in [2.75, 3.05) is 6.26 Å². The van der Waals surface area contributed by atoms with Crippen molar-refractivity contribution in [1.29, 1.82) is 0 Å². The number of hydrogen-bond acceptors (Lipinski definition) is 4. The summed E-state index contributed by atoms with van der Waals surface area (Å²) in [5.74, 6) is -0.461. The van der Waals surface area contributed by atoms with Gasteiger partial charge in [0.15, 0.2) is 0 Å². The normalized spacial score (nSPS) is 12.2. The number of rotatable bonds is 3. The van der Waals surface area contributed by atoms with Crippen LogP contribution in [0.25, 0.3) is 0 Å². The molecule has 0 aromatic heterocycles. The molecule has 0 heterocycles. The average molecular weight is 148 g/mol. The molecule has 4 nitrogen and oxygen atoms in total. The van der Waals surface area contributed by atoms with Crippen LogP contribution >= 0.6 is 11.8 Å². The molecule has 0 aliphatic heterocycles. The van der Waals surface area contributed by atoms with E-state index in [1.807, 2.05) is 5.32 Å². The molecule has 0 rings (SSSR count). The molecule has 0 spiro atoms. The van der Waals surface area contributed by atoms with Crippen LogP contribution in [0.5, 0.6) is 0 Å². The molecule has 52 valence electrons. The Labute approximate surface area is 57.2 Å². The standard InChI is InChI=1S/C4H8N2O2S/c1-9-3(5)4(8)6-2-7/h2-3H,5H2,1H3,(H,6,7,8). The second-order valence-corrected chi connectivity index (χ2v) is 2.26. The molecule has 0 aliphatic carbocycles. The molecule has 0 radical (unpaired) electrons. The molecule has 3 N–H and O–H groups in total. The Morgan fingerprint density at radius 1 is 1.89 bits per heavy atom. The van der Waals surface area contributed by atoms with Gasteiger partial charge in [-0.05, 0) is 6.26 Å². The van der Waals surface area contributed by atoms with Gasteiger partial charge in [0, 0.05) is 0 Å². The van der Waals surface area contributed by atoms with Gasteiger partial charge in [-0.3, -0.25) is 14.9 Å². The lowest BCUT2D eigenvalue weighted by atomic mass is 10.6. The SMILES string of the molecule is CSC(N)C(=O)NC=O. The number of amides is 2. The smallest absolute Gasteiger partial charge is 0.253 e. The van der Waals surface area contributed by atoms with Crippen LogP contribution in [0.2, 0.25) is 0 Å². The van der Waals surface area contributed by atoms with Crippen molar-refractivity contribution in [3.05, 3.63) is 0 Å². The van der Waals surface area contributed by atoms with Crippen molar-refractivity contribution in [1.82, 2.24) is 5.32 Å². The molecule has 2 amide bonds. The highest BCUT2D eigenvalue weighted by Crippen LogP contribution is 1.96. The van der Waals surface area contributed by atoms with E-state index in [0.29, 0.717) is 6.41 Å². The van der Waals surface area contributed by atoms with E-state index in [1.54, 1.807) is 6.26 Å². The van der Waals surface area contributed by atoms with Crippen molar-refractivity contribution < 1.29 is 9.59 Å². The van der Waals surface area contributed by atoms with Gasteiger partial charge in [0.1, 0.15) is 5.37 Å². The molecular weight excluding hydrogens is 140 g/mol. The zero-order valence-corrected chi connectivity index (χ0v) is 5.77. The quantitative estimate of drug-likeness (QED) is 0.394. The van der Waals surface area contributed by atoms with E-state index in [-0.39, 0.29) is 0 Å². The third kappa shape index (κ3) is 3.10. The third-order valence-corrected chi connectivity index (χ3v) is 1.44. The first-order valence-corrected chi connectivity index (χ1v) is 3.53. The topological polar surface area (TPSA) is 72.2 Å². The zero-order chi connectivity index (χ0) is 7.28. The molecule has 9 heavy (non-hydrogen) atoms. The lowest BCUT2D eigenvalue weighted by Gasteiger charge is -2.02. The summed E-state index contributed by atoms with van der Waals surface area (Å²) in [5, 5.41) is 1.29. The first kappa shape index (κ1) is 8.45. The van der Waals surface area contributed by atoms with Gasteiger partial charge in [0.2, 0.25) is 6.41 Å². The van der Waals surface area contributed by atoms with E-state index in [0.717, 1.165) is 0 Å². The number of nitrogens with two attached hydrogens (primary N) is 1. The molecular formula is C4H8N2O2S. The molecule has 0 saturated carbocycles. The van der Waals surface area contributed by atoms with E-state index in [4.69, 9.17) is 5.73 Å². The maximum atomic E-state index is 10.5. The van der Waals surface area contributed by atoms with Crippen LogP contribution in [0.1, 0.15) is 0 Å². The van der Waals surface area contributed by atoms with Gasteiger partial charge in [-0.15, -0.1) is 11.8 Å². The van der Waals surface area contributed by atoms with Gasteiger partial charge < -0.3 is 5.73 Å². The molecule has 0 fully saturated rings. The maximum Gasteiger partial charge on any atom is 0.253 e. The Morgan fingerprint density at radius 3 is 2.78 bits per heavy atom. The minimum atomic E-state index is -0.643. The second kappa shape index (κ2) is 4.34. The highest BCUT2D eigenvalue weighted by Gasteiger charge is 2.08. The van der Waals surface area contributed by atoms with Crippen molar-refractivity contribution >= 4 is 24.1 Å². The molecule has 1 atom stereocenters. The molecule has 0 aromatic carbocycles. The summed E-state index contributed by atoms with van der Waals surface area (Å²) in [5.41, 5.74) is 5.19. The zero-order valence-electron chi connectivity index (χ0n) is 4.96. The van der Waals surface area contributed by atoms with Gasteiger partial charge in [0.05, 0.1) is 0 Å². The number of carbonyl (C=O) groups excluding carboxylic acids is 2. The van der Waals surface area contributed by atoms with Crippen LogP contribution in [0, 0.1) is 0 Å². The fourth-order valence-corrected chi connectivity index (χ4v) is 0.529. The van der Waals surface area contributed by atoms with Crippen LogP contribution in [0.4, 0.5) is 0 Å². The Balaban J connectivity index is 3.58. The number of imide groups is 1. The molecule has 0 aliphatic rings. The fourth-order valence-electron chi connectivity index (χ4n) is 0.247. The van der Waals surface area contributed by atoms with Crippen molar-refractivity contribution in [2.45, 2.75) is 5.37 Å². The molecule has 0 aromatic rings. The summed E-state index contributed by atoms with van der Waals surface area (Å²) in [6.07, 6.45) is 2.01. The van der Waals surface area contributed by atoms with Gasteiger partial charge in [-0.1, -0.05) is 0 Å². The average Bonchev–Trinajstić information content (AvgIpc) is 1.87. The summed E-state index contributed by atoms with van der Waals surface area (Å²) in [6.45, 7) is 0. The molecule has 1 unspecified atom stereocenters. The van der Waals surface area contributed by atoms with E-state index in [2.05, 4.69) is 0 Å². The minimum Gasteiger partial charge on any atom is -0.312 e. The van der Waals surface area contributed by atoms with Gasteiger partial charge in [0.25, 0.3) is 5.91 Å². The van der Waals surface area contributed by atoms with Crippen molar-refractivity contribution in [3.63, 3.8) is 0 Å². The van der Waals surface area contributed by atoms with Crippen LogP contribution in [0.3, 0.4) is 0 Å². The highest BCUT2D eigenvalue weighted by molar-refractivity contribution is 7.99. The predicted molar refractivity (Wildman–Crippen MR) is 35.7 cm³/mol. The summed E-state index contributed by atoms with van der Waals surface area (Å²) < 4.78 is 0. The number of carbonyl (C=O) groups is 2. The summed E-state index contributed by atoms with van der Waals surface area (Å²) in [7, 11) is 0. The summed E-state index contributed by atoms with van der Waals surface area (Å²) >= 11 is 1.18. The van der Waals surface area contributed by atoms with Crippen LogP contribution in [-0.4, -0.2) is 23.9 Å². The van der Waals surface area contributed by atoms with E-state index in [1.165, 1.54) is 11.8 Å². The van der Waals surface area contributed by atoms with Crippen molar-refractivity contribution in [3.8, 4) is 0 Å². The Bertz CT molecular complexity index is 117. The Kier molecular flexibility index (Phi) is 4.08. The van der Waals surface area contributed by atoms with Crippen LogP contribution < -0.4 is 11.1 Å². The van der Waals surface area contributed by atoms with E-state index < -0.39 is 11.3 Å². The lowest BCUT2D eigenvalue weighted by Crippen LogP contribution is -2.37. The maximum absolute atomic E-state index is 10.5. The Morgan fingerprint density at radius 2 is 2.44 bits per heavy atom. The van der Waals surface area contributed by atoms with Gasteiger partial charge in [-0.25, -0.2) is 0 Å². The first-order chi connectivity index (χ1) is 4.22. The highest BCUT2D eigenvalue weighted by atomic mass is 32.2. The number of hydrogen-bond donors (Lipinski definition) is 2.